The number of fused-ring (bicyclic) bond motifs is 1. The molecule has 0 aliphatic carbocycles. The van der Waals surface area contributed by atoms with Gasteiger partial charge in [-0.05, 0) is 30.5 Å². The topological polar surface area (TPSA) is 63.7 Å². The first kappa shape index (κ1) is 12.6. The van der Waals surface area contributed by atoms with Crippen molar-refractivity contribution in [1.29, 1.82) is 0 Å². The number of carbonyl (C=O) groups is 3. The molecule has 0 bridgehead atoms. The van der Waals surface area contributed by atoms with Crippen LogP contribution in [0.2, 0.25) is 0 Å². The molecule has 2 amide bonds. The van der Waals surface area contributed by atoms with Crippen LogP contribution < -0.4 is 0 Å². The van der Waals surface area contributed by atoms with E-state index in [1.54, 1.807) is 30.5 Å². The van der Waals surface area contributed by atoms with Gasteiger partial charge in [0.25, 0.3) is 11.8 Å². The highest BCUT2D eigenvalue weighted by atomic mass is 32.1. The van der Waals surface area contributed by atoms with Crippen LogP contribution in [0.5, 0.6) is 0 Å². The van der Waals surface area contributed by atoms with Gasteiger partial charge in [-0.3, -0.25) is 9.59 Å². The number of imide groups is 1. The molecular weight excluding hydrogens is 278 g/mol. The Morgan fingerprint density at radius 2 is 1.70 bits per heavy atom. The number of hydrogen-bond donors (Lipinski definition) is 0. The van der Waals surface area contributed by atoms with Crippen LogP contribution in [0.25, 0.3) is 0 Å². The fourth-order valence-corrected chi connectivity index (χ4v) is 2.67. The molecule has 100 valence electrons. The summed E-state index contributed by atoms with van der Waals surface area (Å²) in [7, 11) is 0. The summed E-state index contributed by atoms with van der Waals surface area (Å²) < 4.78 is 0. The normalized spacial score (nSPS) is 13.6. The standard InChI is InChI=1S/C14H9NO4S/c1-8-9(6-7-20-8)14(18)19-15-12(16)10-4-2-3-5-11(10)13(15)17/h2-7H,1H3. The number of thiophene rings is 1. The Morgan fingerprint density at radius 3 is 2.20 bits per heavy atom. The molecule has 0 N–H and O–H groups in total. The highest BCUT2D eigenvalue weighted by Gasteiger charge is 2.38. The molecule has 2 heterocycles. The van der Waals surface area contributed by atoms with Crippen molar-refractivity contribution in [1.82, 2.24) is 5.06 Å². The lowest BCUT2D eigenvalue weighted by Gasteiger charge is -2.12. The molecule has 0 atom stereocenters. The Balaban J connectivity index is 1.87. The molecule has 1 aliphatic heterocycles. The molecule has 0 saturated heterocycles. The molecule has 3 rings (SSSR count). The number of nitrogens with zero attached hydrogens (tertiary/aromatic N) is 1. The molecule has 0 unspecified atom stereocenters. The summed E-state index contributed by atoms with van der Waals surface area (Å²) >= 11 is 1.39. The van der Waals surface area contributed by atoms with Gasteiger partial charge >= 0.3 is 5.97 Å². The van der Waals surface area contributed by atoms with E-state index in [1.165, 1.54) is 23.5 Å². The Hall–Kier alpha value is -2.47. The molecule has 1 aliphatic rings. The van der Waals surface area contributed by atoms with Crippen molar-refractivity contribution in [2.24, 2.45) is 0 Å². The third-order valence-electron chi connectivity index (χ3n) is 3.01. The van der Waals surface area contributed by atoms with Gasteiger partial charge in [-0.15, -0.1) is 11.3 Å². The average Bonchev–Trinajstić information content (AvgIpc) is 2.97. The zero-order chi connectivity index (χ0) is 14.3. The first-order valence-corrected chi connectivity index (χ1v) is 6.72. The van der Waals surface area contributed by atoms with E-state index in [0.717, 1.165) is 4.88 Å². The molecule has 0 spiro atoms. The van der Waals surface area contributed by atoms with Gasteiger partial charge in [0, 0.05) is 4.88 Å². The predicted molar refractivity (Wildman–Crippen MR) is 71.4 cm³/mol. The minimum Gasteiger partial charge on any atom is -0.324 e. The van der Waals surface area contributed by atoms with Crippen LogP contribution in [0.15, 0.2) is 35.7 Å². The fraction of sp³-hybridized carbons (Fsp3) is 0.0714. The van der Waals surface area contributed by atoms with Crippen molar-refractivity contribution in [2.45, 2.75) is 6.92 Å². The maximum absolute atomic E-state index is 12.0. The number of amides is 2. The number of carbonyl (C=O) groups excluding carboxylic acids is 3. The Morgan fingerprint density at radius 1 is 1.10 bits per heavy atom. The Kier molecular flexibility index (Phi) is 2.87. The molecule has 1 aromatic heterocycles. The Labute approximate surface area is 118 Å². The van der Waals surface area contributed by atoms with Gasteiger partial charge in [0.1, 0.15) is 0 Å². The largest absolute Gasteiger partial charge is 0.365 e. The van der Waals surface area contributed by atoms with Gasteiger partial charge in [-0.2, -0.15) is 0 Å². The van der Waals surface area contributed by atoms with E-state index in [4.69, 9.17) is 4.84 Å². The molecular formula is C14H9NO4S. The van der Waals surface area contributed by atoms with Gasteiger partial charge in [-0.25, -0.2) is 4.79 Å². The second-order valence-corrected chi connectivity index (χ2v) is 5.34. The molecule has 20 heavy (non-hydrogen) atoms. The SMILES string of the molecule is Cc1sccc1C(=O)ON1C(=O)c2ccccc2C1=O. The fourth-order valence-electron chi connectivity index (χ4n) is 1.98. The smallest absolute Gasteiger partial charge is 0.324 e. The highest BCUT2D eigenvalue weighted by molar-refractivity contribution is 7.10. The number of aryl methyl sites for hydroxylation is 1. The number of rotatable bonds is 2. The lowest BCUT2D eigenvalue weighted by molar-refractivity contribution is -0.0584. The van der Waals surface area contributed by atoms with Crippen molar-refractivity contribution in [3.05, 3.63) is 57.3 Å². The van der Waals surface area contributed by atoms with Crippen LogP contribution in [0.4, 0.5) is 0 Å². The van der Waals surface area contributed by atoms with E-state index in [1.807, 2.05) is 0 Å². The van der Waals surface area contributed by atoms with Gasteiger partial charge in [-0.1, -0.05) is 17.2 Å². The first-order chi connectivity index (χ1) is 9.59. The maximum Gasteiger partial charge on any atom is 0.365 e. The zero-order valence-corrected chi connectivity index (χ0v) is 11.3. The minimum absolute atomic E-state index is 0.243. The second-order valence-electron chi connectivity index (χ2n) is 4.22. The summed E-state index contributed by atoms with van der Waals surface area (Å²) in [5.74, 6) is -1.95. The van der Waals surface area contributed by atoms with Crippen molar-refractivity contribution < 1.29 is 19.2 Å². The summed E-state index contributed by atoms with van der Waals surface area (Å²) in [6.07, 6.45) is 0. The zero-order valence-electron chi connectivity index (χ0n) is 10.5. The predicted octanol–water partition coefficient (Wildman–Crippen LogP) is 2.42. The average molecular weight is 287 g/mol. The second kappa shape index (κ2) is 4.57. The van der Waals surface area contributed by atoms with E-state index in [0.29, 0.717) is 10.6 Å². The quantitative estimate of drug-likeness (QED) is 0.796. The monoisotopic (exact) mass is 287 g/mol. The van der Waals surface area contributed by atoms with Gasteiger partial charge in [0.05, 0.1) is 16.7 Å². The van der Waals surface area contributed by atoms with E-state index in [-0.39, 0.29) is 11.1 Å². The highest BCUT2D eigenvalue weighted by Crippen LogP contribution is 2.24. The van der Waals surface area contributed by atoms with Crippen LogP contribution in [-0.4, -0.2) is 22.8 Å². The van der Waals surface area contributed by atoms with E-state index >= 15 is 0 Å². The van der Waals surface area contributed by atoms with Crippen LogP contribution in [-0.2, 0) is 4.84 Å². The molecule has 6 heteroatoms. The number of hydroxylamine groups is 2. The maximum atomic E-state index is 12.0. The number of hydrogen-bond acceptors (Lipinski definition) is 5. The lowest BCUT2D eigenvalue weighted by atomic mass is 10.1. The van der Waals surface area contributed by atoms with Gasteiger partial charge < -0.3 is 4.84 Å². The third-order valence-corrected chi connectivity index (χ3v) is 3.86. The first-order valence-electron chi connectivity index (χ1n) is 5.84. The third kappa shape index (κ3) is 1.81. The molecule has 0 saturated carbocycles. The summed E-state index contributed by atoms with van der Waals surface area (Å²) in [5, 5.41) is 2.26. The van der Waals surface area contributed by atoms with Crippen LogP contribution in [0.1, 0.15) is 36.0 Å². The molecule has 2 aromatic rings. The summed E-state index contributed by atoms with van der Waals surface area (Å²) in [6, 6.07) is 7.95. The van der Waals surface area contributed by atoms with Gasteiger partial charge in [0.15, 0.2) is 0 Å². The lowest BCUT2D eigenvalue weighted by Crippen LogP contribution is -2.32. The van der Waals surface area contributed by atoms with Crippen LogP contribution in [0, 0.1) is 6.92 Å². The molecule has 5 nitrogen and oxygen atoms in total. The molecule has 0 fully saturated rings. The van der Waals surface area contributed by atoms with E-state index in [9.17, 15) is 14.4 Å². The van der Waals surface area contributed by atoms with E-state index in [2.05, 4.69) is 0 Å². The van der Waals surface area contributed by atoms with Crippen molar-refractivity contribution in [3.63, 3.8) is 0 Å². The number of benzene rings is 1. The Bertz CT molecular complexity index is 699. The summed E-state index contributed by atoms with van der Waals surface area (Å²) in [5.41, 5.74) is 0.839. The molecule has 1 aromatic carbocycles. The van der Waals surface area contributed by atoms with Crippen molar-refractivity contribution in [2.75, 3.05) is 0 Å². The van der Waals surface area contributed by atoms with Crippen molar-refractivity contribution >= 4 is 29.1 Å². The minimum atomic E-state index is -0.710. The van der Waals surface area contributed by atoms with E-state index < -0.39 is 17.8 Å². The summed E-state index contributed by atoms with van der Waals surface area (Å²) in [6.45, 7) is 1.77. The van der Waals surface area contributed by atoms with Crippen LogP contribution >= 0.6 is 11.3 Å². The summed E-state index contributed by atoms with van der Waals surface area (Å²) in [4.78, 5) is 41.7. The molecule has 0 radical (unpaired) electrons. The van der Waals surface area contributed by atoms with Crippen molar-refractivity contribution in [3.8, 4) is 0 Å². The van der Waals surface area contributed by atoms with Crippen LogP contribution in [0.3, 0.4) is 0 Å². The van der Waals surface area contributed by atoms with Gasteiger partial charge in [0.2, 0.25) is 0 Å².